The summed E-state index contributed by atoms with van der Waals surface area (Å²) in [5, 5.41) is 9.52. The summed E-state index contributed by atoms with van der Waals surface area (Å²) in [5.74, 6) is -0.957. The van der Waals surface area contributed by atoms with E-state index in [2.05, 4.69) is 35.6 Å². The summed E-state index contributed by atoms with van der Waals surface area (Å²) in [6.45, 7) is 0.262. The summed E-state index contributed by atoms with van der Waals surface area (Å²) in [7, 11) is 0. The SMILES string of the molecule is [N-]=[N+]=NC[C@@H](NC(=O)c1cc(-c2nc(N[C@@H]3CCOC[C@@H]3F)ncc2Cl)c[nH]1)c1cc(F)cc(Cl)c1. The molecule has 4 rings (SSSR count). The van der Waals surface area contributed by atoms with Crippen molar-refractivity contribution >= 4 is 35.1 Å². The van der Waals surface area contributed by atoms with E-state index in [0.29, 0.717) is 29.8 Å². The van der Waals surface area contributed by atoms with Crippen LogP contribution in [0.1, 0.15) is 28.5 Å². The number of aromatic amines is 1. The number of anilines is 1. The number of alkyl halides is 1. The second-order valence-electron chi connectivity index (χ2n) is 7.96. The molecule has 10 nitrogen and oxygen atoms in total. The number of benzene rings is 1. The minimum Gasteiger partial charge on any atom is -0.378 e. The number of aromatic nitrogens is 3. The molecule has 0 saturated carbocycles. The van der Waals surface area contributed by atoms with Crippen LogP contribution in [0.2, 0.25) is 10.0 Å². The molecule has 14 heteroatoms. The van der Waals surface area contributed by atoms with Gasteiger partial charge >= 0.3 is 0 Å². The molecule has 3 atom stereocenters. The monoisotopic (exact) mass is 536 g/mol. The number of amides is 1. The lowest BCUT2D eigenvalue weighted by Crippen LogP contribution is -2.39. The number of H-pyrrole nitrogens is 1. The van der Waals surface area contributed by atoms with Gasteiger partial charge in [-0.25, -0.2) is 18.7 Å². The van der Waals surface area contributed by atoms with E-state index in [-0.39, 0.29) is 34.8 Å². The molecule has 2 aromatic heterocycles. The van der Waals surface area contributed by atoms with Crippen LogP contribution in [0.25, 0.3) is 21.7 Å². The Balaban J connectivity index is 1.53. The molecule has 0 aliphatic carbocycles. The van der Waals surface area contributed by atoms with Crippen LogP contribution in [0.4, 0.5) is 14.7 Å². The van der Waals surface area contributed by atoms with Gasteiger partial charge in [-0.1, -0.05) is 28.3 Å². The second kappa shape index (κ2) is 11.5. The van der Waals surface area contributed by atoms with Gasteiger partial charge in [0.1, 0.15) is 17.7 Å². The van der Waals surface area contributed by atoms with Crippen molar-refractivity contribution in [3.63, 3.8) is 0 Å². The van der Waals surface area contributed by atoms with E-state index < -0.39 is 30.0 Å². The van der Waals surface area contributed by atoms with Crippen molar-refractivity contribution in [3.05, 3.63) is 74.2 Å². The lowest BCUT2D eigenvalue weighted by molar-refractivity contribution is 0.0284. The number of azide groups is 1. The Bertz CT molecular complexity index is 1280. The predicted molar refractivity (Wildman–Crippen MR) is 130 cm³/mol. The van der Waals surface area contributed by atoms with Crippen molar-refractivity contribution < 1.29 is 18.3 Å². The summed E-state index contributed by atoms with van der Waals surface area (Å²) in [5.41, 5.74) is 10.00. The van der Waals surface area contributed by atoms with Crippen molar-refractivity contribution in [3.8, 4) is 11.3 Å². The first kappa shape index (κ1) is 25.6. The van der Waals surface area contributed by atoms with Crippen molar-refractivity contribution in [2.24, 2.45) is 5.11 Å². The van der Waals surface area contributed by atoms with Crippen LogP contribution in [0, 0.1) is 5.82 Å². The summed E-state index contributed by atoms with van der Waals surface area (Å²) in [6.07, 6.45) is 2.18. The first-order chi connectivity index (χ1) is 17.3. The first-order valence-corrected chi connectivity index (χ1v) is 11.6. The highest BCUT2D eigenvalue weighted by molar-refractivity contribution is 6.33. The molecule has 0 bridgehead atoms. The molecule has 1 saturated heterocycles. The van der Waals surface area contributed by atoms with E-state index in [1.54, 1.807) is 0 Å². The van der Waals surface area contributed by atoms with E-state index in [1.165, 1.54) is 30.6 Å². The zero-order valence-electron chi connectivity index (χ0n) is 18.6. The van der Waals surface area contributed by atoms with Crippen molar-refractivity contribution in [1.82, 2.24) is 20.3 Å². The Kier molecular flexibility index (Phi) is 8.21. The van der Waals surface area contributed by atoms with Gasteiger partial charge < -0.3 is 20.4 Å². The number of carbonyl (C=O) groups is 1. The number of hydrogen-bond donors (Lipinski definition) is 3. The van der Waals surface area contributed by atoms with Crippen LogP contribution < -0.4 is 10.6 Å². The second-order valence-corrected chi connectivity index (χ2v) is 8.81. The number of hydrogen-bond acceptors (Lipinski definition) is 6. The van der Waals surface area contributed by atoms with Gasteiger partial charge in [-0.3, -0.25) is 4.79 Å². The van der Waals surface area contributed by atoms with Gasteiger partial charge in [0, 0.05) is 28.3 Å². The molecule has 36 heavy (non-hydrogen) atoms. The molecule has 1 aliphatic heterocycles. The fraction of sp³-hybridized carbons (Fsp3) is 0.318. The Morgan fingerprint density at radius 2 is 2.19 bits per heavy atom. The van der Waals surface area contributed by atoms with Gasteiger partial charge in [0.25, 0.3) is 5.91 Å². The average Bonchev–Trinajstić information content (AvgIpc) is 3.34. The Morgan fingerprint density at radius 3 is 2.94 bits per heavy atom. The van der Waals surface area contributed by atoms with Crippen LogP contribution in [0.5, 0.6) is 0 Å². The van der Waals surface area contributed by atoms with E-state index in [9.17, 15) is 13.6 Å². The van der Waals surface area contributed by atoms with E-state index in [0.717, 1.165) is 6.07 Å². The summed E-state index contributed by atoms with van der Waals surface area (Å²) in [4.78, 5) is 27.0. The maximum Gasteiger partial charge on any atom is 0.268 e. The zero-order valence-corrected chi connectivity index (χ0v) is 20.1. The number of nitrogens with one attached hydrogen (secondary N) is 3. The highest BCUT2D eigenvalue weighted by Gasteiger charge is 2.26. The predicted octanol–water partition coefficient (Wildman–Crippen LogP) is 5.24. The number of ether oxygens (including phenoxy) is 1. The van der Waals surface area contributed by atoms with Crippen molar-refractivity contribution in [2.45, 2.75) is 24.7 Å². The van der Waals surface area contributed by atoms with Crippen LogP contribution in [-0.2, 0) is 4.74 Å². The number of carbonyl (C=O) groups excluding carboxylic acids is 1. The molecular formula is C22H20Cl2F2N8O2. The van der Waals surface area contributed by atoms with Gasteiger partial charge in [-0.15, -0.1) is 0 Å². The molecule has 1 aromatic carbocycles. The Hall–Kier alpha value is -3.44. The molecule has 0 spiro atoms. The lowest BCUT2D eigenvalue weighted by Gasteiger charge is -2.26. The van der Waals surface area contributed by atoms with Crippen LogP contribution in [0.3, 0.4) is 0 Å². The van der Waals surface area contributed by atoms with Crippen molar-refractivity contribution in [1.29, 1.82) is 0 Å². The fourth-order valence-electron chi connectivity index (χ4n) is 3.70. The quantitative estimate of drug-likeness (QED) is 0.205. The normalized spacial score (nSPS) is 18.2. The molecule has 3 heterocycles. The van der Waals surface area contributed by atoms with Crippen molar-refractivity contribution in [2.75, 3.05) is 25.1 Å². The topological polar surface area (TPSA) is 141 Å². The van der Waals surface area contributed by atoms with Gasteiger partial charge in [0.15, 0.2) is 0 Å². The van der Waals surface area contributed by atoms with Crippen LogP contribution in [0.15, 0.2) is 41.8 Å². The van der Waals surface area contributed by atoms with E-state index >= 15 is 0 Å². The lowest BCUT2D eigenvalue weighted by atomic mass is 10.1. The Labute approximate surface area is 214 Å². The average molecular weight is 537 g/mol. The Morgan fingerprint density at radius 1 is 1.36 bits per heavy atom. The molecule has 1 fully saturated rings. The minimum atomic E-state index is -1.20. The molecule has 188 valence electrons. The van der Waals surface area contributed by atoms with Crippen LogP contribution >= 0.6 is 23.2 Å². The van der Waals surface area contributed by atoms with Gasteiger partial charge in [0.2, 0.25) is 5.95 Å². The van der Waals surface area contributed by atoms with Gasteiger partial charge in [-0.2, -0.15) is 0 Å². The smallest absolute Gasteiger partial charge is 0.268 e. The molecule has 1 aliphatic rings. The van der Waals surface area contributed by atoms with Crippen LogP contribution in [-0.4, -0.2) is 52.8 Å². The molecular weight excluding hydrogens is 517 g/mol. The molecule has 3 aromatic rings. The number of nitrogens with zero attached hydrogens (tertiary/aromatic N) is 5. The number of halogens is 4. The first-order valence-electron chi connectivity index (χ1n) is 10.8. The third kappa shape index (κ3) is 6.21. The summed E-state index contributed by atoms with van der Waals surface area (Å²) in [6, 6.07) is 3.98. The molecule has 0 radical (unpaired) electrons. The summed E-state index contributed by atoms with van der Waals surface area (Å²) >= 11 is 12.2. The maximum absolute atomic E-state index is 14.1. The van der Waals surface area contributed by atoms with E-state index in [1.807, 2.05) is 0 Å². The molecule has 1 amide bonds. The largest absolute Gasteiger partial charge is 0.378 e. The third-order valence-electron chi connectivity index (χ3n) is 5.47. The highest BCUT2D eigenvalue weighted by atomic mass is 35.5. The summed E-state index contributed by atoms with van der Waals surface area (Å²) < 4.78 is 33.1. The highest BCUT2D eigenvalue weighted by Crippen LogP contribution is 2.28. The zero-order chi connectivity index (χ0) is 25.7. The maximum atomic E-state index is 14.1. The molecule has 0 unspecified atom stereocenters. The fourth-order valence-corrected chi connectivity index (χ4v) is 4.13. The minimum absolute atomic E-state index is 0.00308. The van der Waals surface area contributed by atoms with Gasteiger partial charge in [-0.05, 0) is 41.8 Å². The standard InChI is InChI=1S/C22H20Cl2F2N8O2/c23-13-3-11(4-14(25)6-13)19(9-30-34-27)31-21(35)18-5-12(7-28-18)20-15(24)8-29-22(33-20)32-17-1-2-36-10-16(17)26/h3-8,16-17,19,28H,1-2,9-10H2,(H,31,35)(H,29,32,33)/t16-,17+,19+/m0/s1. The van der Waals surface area contributed by atoms with E-state index in [4.69, 9.17) is 33.5 Å². The third-order valence-corrected chi connectivity index (χ3v) is 5.96. The van der Waals surface area contributed by atoms with Gasteiger partial charge in [0.05, 0.1) is 42.1 Å². The number of rotatable bonds is 8. The molecule has 3 N–H and O–H groups in total.